The number of hydrogen-bond donors (Lipinski definition) is 2. The molecule has 0 radical (unpaired) electrons. The lowest BCUT2D eigenvalue weighted by molar-refractivity contribution is 0.338. The summed E-state index contributed by atoms with van der Waals surface area (Å²) in [4.78, 5) is 0. The number of benzene rings is 2. The normalized spacial score (nSPS) is 10.6. The first-order valence-corrected chi connectivity index (χ1v) is 8.33. The van der Waals surface area contributed by atoms with Gasteiger partial charge < -0.3 is 14.6 Å². The molecule has 6 heteroatoms. The molecule has 0 aliphatic rings. The third-order valence-electron chi connectivity index (χ3n) is 3.48. The van der Waals surface area contributed by atoms with Gasteiger partial charge in [-0.2, -0.15) is 5.10 Å². The van der Waals surface area contributed by atoms with E-state index in [0.29, 0.717) is 35.1 Å². The summed E-state index contributed by atoms with van der Waals surface area (Å²) in [5.41, 5.74) is 1.89. The molecule has 0 bridgehead atoms. The highest BCUT2D eigenvalue weighted by molar-refractivity contribution is 9.10. The van der Waals surface area contributed by atoms with Gasteiger partial charge in [-0.05, 0) is 54.0 Å². The third-order valence-corrected chi connectivity index (χ3v) is 4.13. The van der Waals surface area contributed by atoms with Gasteiger partial charge >= 0.3 is 0 Å². The summed E-state index contributed by atoms with van der Waals surface area (Å²) in [6.07, 6.45) is 0. The van der Waals surface area contributed by atoms with Crippen LogP contribution in [0.1, 0.15) is 12.6 Å². The summed E-state index contributed by atoms with van der Waals surface area (Å²) in [6, 6.07) is 12.7. The maximum atomic E-state index is 10.3. The number of nitrogens with one attached hydrogen (secondary N) is 1. The van der Waals surface area contributed by atoms with Crippen LogP contribution in [0.15, 0.2) is 46.9 Å². The van der Waals surface area contributed by atoms with Gasteiger partial charge in [0.15, 0.2) is 5.75 Å². The van der Waals surface area contributed by atoms with Gasteiger partial charge in [0.05, 0.1) is 16.8 Å². The minimum Gasteiger partial charge on any atom is -0.507 e. The summed E-state index contributed by atoms with van der Waals surface area (Å²) in [7, 11) is 0. The first kappa shape index (κ1) is 16.4. The number of nitrogens with zero attached hydrogens (tertiary/aromatic N) is 1. The summed E-state index contributed by atoms with van der Waals surface area (Å²) in [6.45, 7) is 4.30. The Labute approximate surface area is 148 Å². The molecule has 5 nitrogen and oxygen atoms in total. The van der Waals surface area contributed by atoms with Crippen LogP contribution in [0, 0.1) is 6.92 Å². The van der Waals surface area contributed by atoms with E-state index in [1.54, 1.807) is 18.2 Å². The quantitative estimate of drug-likeness (QED) is 0.641. The highest BCUT2D eigenvalue weighted by atomic mass is 79.9. The molecule has 1 aromatic heterocycles. The van der Waals surface area contributed by atoms with Crippen molar-refractivity contribution in [2.75, 3.05) is 6.61 Å². The molecule has 0 amide bonds. The molecule has 24 heavy (non-hydrogen) atoms. The molecule has 2 N–H and O–H groups in total. The van der Waals surface area contributed by atoms with E-state index in [9.17, 15) is 5.11 Å². The van der Waals surface area contributed by atoms with Crippen molar-refractivity contribution in [3.8, 4) is 34.3 Å². The van der Waals surface area contributed by atoms with Crippen molar-refractivity contribution < 1.29 is 14.6 Å². The van der Waals surface area contributed by atoms with Crippen LogP contribution in [0.25, 0.3) is 11.3 Å². The van der Waals surface area contributed by atoms with Crippen LogP contribution < -0.4 is 9.47 Å². The summed E-state index contributed by atoms with van der Waals surface area (Å²) in [5.74, 6) is 1.94. The fourth-order valence-electron chi connectivity index (χ4n) is 2.33. The molecule has 124 valence electrons. The Morgan fingerprint density at radius 1 is 1.21 bits per heavy atom. The van der Waals surface area contributed by atoms with Crippen LogP contribution >= 0.6 is 15.9 Å². The largest absolute Gasteiger partial charge is 0.507 e. The Morgan fingerprint density at radius 2 is 2.00 bits per heavy atom. The molecular formula is C18H17BrN2O3. The second-order valence-corrected chi connectivity index (χ2v) is 6.03. The number of ether oxygens (including phenoxy) is 2. The second kappa shape index (κ2) is 6.97. The third kappa shape index (κ3) is 3.23. The molecule has 0 unspecified atom stereocenters. The summed E-state index contributed by atoms with van der Waals surface area (Å²) >= 11 is 3.47. The van der Waals surface area contributed by atoms with Crippen molar-refractivity contribution in [1.82, 2.24) is 10.2 Å². The number of aryl methyl sites for hydroxylation is 1. The Kier molecular flexibility index (Phi) is 4.76. The maximum absolute atomic E-state index is 10.3. The van der Waals surface area contributed by atoms with Gasteiger partial charge in [-0.3, -0.25) is 5.10 Å². The zero-order valence-electron chi connectivity index (χ0n) is 13.3. The number of aromatic hydroxyl groups is 1. The minimum absolute atomic E-state index is 0.0874. The number of phenols is 1. The monoisotopic (exact) mass is 388 g/mol. The van der Waals surface area contributed by atoms with E-state index in [0.717, 1.165) is 10.2 Å². The van der Waals surface area contributed by atoms with Crippen LogP contribution in [0.3, 0.4) is 0 Å². The van der Waals surface area contributed by atoms with Gasteiger partial charge in [0.1, 0.15) is 22.9 Å². The highest BCUT2D eigenvalue weighted by Crippen LogP contribution is 2.40. The van der Waals surface area contributed by atoms with Gasteiger partial charge in [0.25, 0.3) is 0 Å². The molecular weight excluding hydrogens is 372 g/mol. The fraction of sp³-hybridized carbons (Fsp3) is 0.167. The number of H-pyrrole nitrogens is 1. The molecule has 0 aliphatic carbocycles. The Morgan fingerprint density at radius 3 is 2.71 bits per heavy atom. The molecule has 0 spiro atoms. The predicted molar refractivity (Wildman–Crippen MR) is 95.8 cm³/mol. The molecule has 3 rings (SSSR count). The first-order chi connectivity index (χ1) is 11.6. The molecule has 0 atom stereocenters. The average Bonchev–Trinajstić information content (AvgIpc) is 2.91. The lowest BCUT2D eigenvalue weighted by Crippen LogP contribution is -1.92. The van der Waals surface area contributed by atoms with Crippen LogP contribution in [0.4, 0.5) is 0 Å². The van der Waals surface area contributed by atoms with Crippen LogP contribution in [0.2, 0.25) is 0 Å². The minimum atomic E-state index is 0.0874. The van der Waals surface area contributed by atoms with E-state index in [2.05, 4.69) is 26.1 Å². The lowest BCUT2D eigenvalue weighted by atomic mass is 10.1. The van der Waals surface area contributed by atoms with Gasteiger partial charge in [-0.25, -0.2) is 0 Å². The molecule has 2 aromatic carbocycles. The van der Waals surface area contributed by atoms with E-state index in [1.807, 2.05) is 38.1 Å². The molecule has 1 heterocycles. The standard InChI is InChI=1S/C18H17BrN2O3/c1-3-23-12-8-9-13(15(22)10-12)17-18(11(2)20-21-17)24-16-7-5-4-6-14(16)19/h4-10,22H,3H2,1-2H3,(H,20,21). The Hall–Kier alpha value is -2.47. The van der Waals surface area contributed by atoms with Crippen molar-refractivity contribution in [1.29, 1.82) is 0 Å². The van der Waals surface area contributed by atoms with Crippen molar-refractivity contribution in [3.05, 3.63) is 52.6 Å². The number of phenolic OH excluding ortho intramolecular Hbond substituents is 1. The number of halogens is 1. The number of aromatic amines is 1. The van der Waals surface area contributed by atoms with Crippen LogP contribution in [0.5, 0.6) is 23.0 Å². The Bertz CT molecular complexity index is 861. The molecule has 0 saturated heterocycles. The SMILES string of the molecule is CCOc1ccc(-c2n[nH]c(C)c2Oc2ccccc2Br)c(O)c1. The summed E-state index contributed by atoms with van der Waals surface area (Å²) in [5, 5.41) is 17.5. The summed E-state index contributed by atoms with van der Waals surface area (Å²) < 4.78 is 12.3. The first-order valence-electron chi connectivity index (χ1n) is 7.53. The molecule has 0 aliphatic heterocycles. The van der Waals surface area contributed by atoms with Gasteiger partial charge in [-0.15, -0.1) is 0 Å². The molecule has 0 saturated carbocycles. The van der Waals surface area contributed by atoms with E-state index in [-0.39, 0.29) is 5.75 Å². The number of para-hydroxylation sites is 1. The van der Waals surface area contributed by atoms with Crippen molar-refractivity contribution >= 4 is 15.9 Å². The van der Waals surface area contributed by atoms with Gasteiger partial charge in [-0.1, -0.05) is 12.1 Å². The van der Waals surface area contributed by atoms with Crippen LogP contribution in [-0.2, 0) is 0 Å². The van der Waals surface area contributed by atoms with Crippen molar-refractivity contribution in [2.45, 2.75) is 13.8 Å². The van der Waals surface area contributed by atoms with E-state index in [4.69, 9.17) is 9.47 Å². The smallest absolute Gasteiger partial charge is 0.176 e. The van der Waals surface area contributed by atoms with Crippen LogP contribution in [-0.4, -0.2) is 21.9 Å². The predicted octanol–water partition coefficient (Wildman–Crippen LogP) is 5.04. The lowest BCUT2D eigenvalue weighted by Gasteiger charge is -2.10. The number of hydrogen-bond acceptors (Lipinski definition) is 4. The zero-order chi connectivity index (χ0) is 17.1. The van der Waals surface area contributed by atoms with Gasteiger partial charge in [0, 0.05) is 11.6 Å². The highest BCUT2D eigenvalue weighted by Gasteiger charge is 2.19. The number of aromatic nitrogens is 2. The average molecular weight is 389 g/mol. The van der Waals surface area contributed by atoms with Crippen molar-refractivity contribution in [3.63, 3.8) is 0 Å². The Balaban J connectivity index is 2.00. The van der Waals surface area contributed by atoms with Crippen molar-refractivity contribution in [2.24, 2.45) is 0 Å². The molecule has 0 fully saturated rings. The van der Waals surface area contributed by atoms with Gasteiger partial charge in [0.2, 0.25) is 0 Å². The van der Waals surface area contributed by atoms with E-state index in [1.165, 1.54) is 0 Å². The second-order valence-electron chi connectivity index (χ2n) is 5.17. The van der Waals surface area contributed by atoms with E-state index < -0.39 is 0 Å². The topological polar surface area (TPSA) is 67.4 Å². The number of rotatable bonds is 5. The fourth-order valence-corrected chi connectivity index (χ4v) is 2.70. The molecule has 3 aromatic rings. The zero-order valence-corrected chi connectivity index (χ0v) is 14.9. The maximum Gasteiger partial charge on any atom is 0.176 e. The van der Waals surface area contributed by atoms with E-state index >= 15 is 0 Å².